The molecule has 0 radical (unpaired) electrons. The number of carbonyl (C=O) groups is 1. The maximum atomic E-state index is 11.7. The van der Waals surface area contributed by atoms with Crippen molar-refractivity contribution < 1.29 is 19.7 Å². The van der Waals surface area contributed by atoms with Gasteiger partial charge in [-0.3, -0.25) is 19.1 Å². The highest BCUT2D eigenvalue weighted by atomic mass is 16.5. The van der Waals surface area contributed by atoms with E-state index < -0.39 is 28.9 Å². The van der Waals surface area contributed by atoms with Crippen LogP contribution in [-0.4, -0.2) is 39.5 Å². The first-order valence-corrected chi connectivity index (χ1v) is 6.03. The van der Waals surface area contributed by atoms with Gasteiger partial charge in [0.1, 0.15) is 6.23 Å². The molecule has 0 aliphatic carbocycles. The van der Waals surface area contributed by atoms with Crippen molar-refractivity contribution in [3.05, 3.63) is 33.1 Å². The summed E-state index contributed by atoms with van der Waals surface area (Å²) in [5.74, 6) is -0.594. The zero-order valence-corrected chi connectivity index (χ0v) is 11.3. The molecule has 0 saturated carbocycles. The van der Waals surface area contributed by atoms with Gasteiger partial charge in [-0.25, -0.2) is 4.79 Å². The number of aliphatic hydroxyl groups is 2. The summed E-state index contributed by atoms with van der Waals surface area (Å²) in [6.45, 7) is 1.26. The van der Waals surface area contributed by atoms with E-state index in [0.29, 0.717) is 0 Å². The quantitative estimate of drug-likeness (QED) is 0.575. The maximum Gasteiger partial charge on any atom is 0.330 e. The van der Waals surface area contributed by atoms with Gasteiger partial charge >= 0.3 is 11.7 Å². The molecular weight excluding hydrogens is 268 g/mol. The minimum absolute atomic E-state index is 0.0782. The molecule has 1 aromatic rings. The topological polar surface area (TPSA) is 122 Å². The Hall–Kier alpha value is -1.93. The molecule has 0 amide bonds. The predicted molar refractivity (Wildman–Crippen MR) is 69.0 cm³/mol. The number of carbonyl (C=O) groups excluding carboxylic acids is 1. The second kappa shape index (κ2) is 6.49. The van der Waals surface area contributed by atoms with Crippen LogP contribution in [0.25, 0.3) is 0 Å². The van der Waals surface area contributed by atoms with Crippen LogP contribution in [0.5, 0.6) is 0 Å². The lowest BCUT2D eigenvalue weighted by molar-refractivity contribution is -0.155. The summed E-state index contributed by atoms with van der Waals surface area (Å²) in [7, 11) is 1.20. The molecule has 8 nitrogen and oxygen atoms in total. The van der Waals surface area contributed by atoms with Crippen LogP contribution in [0.3, 0.4) is 0 Å². The van der Waals surface area contributed by atoms with Crippen molar-refractivity contribution in [1.82, 2.24) is 9.55 Å². The Morgan fingerprint density at radius 3 is 2.70 bits per heavy atom. The van der Waals surface area contributed by atoms with Crippen molar-refractivity contribution >= 4 is 5.97 Å². The molecule has 0 aliphatic rings. The molecule has 8 heteroatoms. The average Bonchev–Trinajstić information content (AvgIpc) is 2.37. The Bertz CT molecular complexity index is 578. The van der Waals surface area contributed by atoms with E-state index in [9.17, 15) is 19.5 Å². The van der Waals surface area contributed by atoms with Gasteiger partial charge in [0.2, 0.25) is 0 Å². The molecule has 3 N–H and O–H groups in total. The first-order valence-electron chi connectivity index (χ1n) is 6.03. The molecule has 0 fully saturated rings. The lowest BCUT2D eigenvalue weighted by Gasteiger charge is -2.28. The van der Waals surface area contributed by atoms with E-state index in [4.69, 9.17) is 5.11 Å². The van der Waals surface area contributed by atoms with Crippen LogP contribution < -0.4 is 11.2 Å². The molecule has 1 rings (SSSR count). The van der Waals surface area contributed by atoms with Crippen molar-refractivity contribution in [3.63, 3.8) is 0 Å². The van der Waals surface area contributed by atoms with Crippen molar-refractivity contribution in [2.24, 2.45) is 5.41 Å². The number of aliphatic hydroxyl groups excluding tert-OH is 2. The van der Waals surface area contributed by atoms with Crippen molar-refractivity contribution in [2.75, 3.05) is 13.7 Å². The second-order valence-corrected chi connectivity index (χ2v) is 4.73. The third kappa shape index (κ3) is 3.55. The summed E-state index contributed by atoms with van der Waals surface area (Å²) in [6, 6.07) is 1.09. The third-order valence-corrected chi connectivity index (χ3v) is 3.15. The Kier molecular flexibility index (Phi) is 5.23. The Morgan fingerprint density at radius 2 is 2.20 bits per heavy atom. The van der Waals surface area contributed by atoms with E-state index in [1.54, 1.807) is 0 Å². The molecule has 0 bridgehead atoms. The fraction of sp³-hybridized carbons (Fsp3) is 0.583. The second-order valence-electron chi connectivity index (χ2n) is 4.73. The fourth-order valence-corrected chi connectivity index (χ4v) is 1.94. The third-order valence-electron chi connectivity index (χ3n) is 3.15. The first-order chi connectivity index (χ1) is 9.34. The highest BCUT2D eigenvalue weighted by Gasteiger charge is 2.36. The van der Waals surface area contributed by atoms with E-state index in [1.807, 2.05) is 4.98 Å². The number of nitrogens with one attached hydrogen (secondary N) is 1. The summed E-state index contributed by atoms with van der Waals surface area (Å²) in [5, 5.41) is 19.1. The number of nitrogens with zero attached hydrogens (tertiary/aromatic N) is 1. The van der Waals surface area contributed by atoms with E-state index in [2.05, 4.69) is 4.74 Å². The van der Waals surface area contributed by atoms with Gasteiger partial charge in [-0.05, 0) is 13.3 Å². The predicted octanol–water partition coefficient (Wildman–Crippen LogP) is -1.02. The number of rotatable bonds is 6. The number of hydrogen-bond acceptors (Lipinski definition) is 6. The van der Waals surface area contributed by atoms with E-state index >= 15 is 0 Å². The standard InChI is InChI=1S/C12H18N2O6/c1-12(4-6-15,10(18)20-2)7-9(17)14-5-3-8(16)13-11(14)19/h3,5,9,15,17H,4,6-7H2,1-2H3,(H,13,16,19)/t9-,12-/m1/s1. The monoisotopic (exact) mass is 286 g/mol. The Morgan fingerprint density at radius 1 is 1.55 bits per heavy atom. The summed E-state index contributed by atoms with van der Waals surface area (Å²) < 4.78 is 5.55. The van der Waals surface area contributed by atoms with E-state index in [-0.39, 0.29) is 19.4 Å². The Labute approximate surface area is 114 Å². The van der Waals surface area contributed by atoms with Crippen LogP contribution in [0, 0.1) is 5.41 Å². The summed E-state index contributed by atoms with van der Waals surface area (Å²) in [5.41, 5.74) is -2.50. The SMILES string of the molecule is COC(=O)[C@](C)(CCO)C[C@@H](O)n1ccc(=O)[nH]c1=O. The van der Waals surface area contributed by atoms with Crippen LogP contribution in [0.1, 0.15) is 26.0 Å². The van der Waals surface area contributed by atoms with Gasteiger partial charge < -0.3 is 14.9 Å². The van der Waals surface area contributed by atoms with E-state index in [1.165, 1.54) is 14.0 Å². The smallest absolute Gasteiger partial charge is 0.330 e. The van der Waals surface area contributed by atoms with Gasteiger partial charge in [-0.1, -0.05) is 0 Å². The normalized spacial score (nSPS) is 15.4. The van der Waals surface area contributed by atoms with Gasteiger partial charge in [0.25, 0.3) is 5.56 Å². The lowest BCUT2D eigenvalue weighted by Crippen LogP contribution is -2.37. The van der Waals surface area contributed by atoms with Crippen LogP contribution in [-0.2, 0) is 9.53 Å². The molecule has 0 aromatic carbocycles. The van der Waals surface area contributed by atoms with Gasteiger partial charge in [-0.15, -0.1) is 0 Å². The van der Waals surface area contributed by atoms with Gasteiger partial charge in [0.05, 0.1) is 12.5 Å². The fourth-order valence-electron chi connectivity index (χ4n) is 1.94. The highest BCUT2D eigenvalue weighted by Crippen LogP contribution is 2.31. The van der Waals surface area contributed by atoms with Crippen LogP contribution in [0.4, 0.5) is 0 Å². The molecule has 2 atom stereocenters. The Balaban J connectivity index is 3.02. The summed E-state index contributed by atoms with van der Waals surface area (Å²) in [4.78, 5) is 36.2. The molecule has 0 aliphatic heterocycles. The number of aromatic nitrogens is 2. The molecule has 1 heterocycles. The first kappa shape index (κ1) is 16.1. The number of methoxy groups -OCH3 is 1. The molecule has 112 valence electrons. The average molecular weight is 286 g/mol. The maximum absolute atomic E-state index is 11.7. The number of hydrogen-bond donors (Lipinski definition) is 3. The van der Waals surface area contributed by atoms with Crippen molar-refractivity contribution in [2.45, 2.75) is 26.0 Å². The zero-order valence-electron chi connectivity index (χ0n) is 11.3. The van der Waals surface area contributed by atoms with Crippen LogP contribution in [0.15, 0.2) is 21.9 Å². The van der Waals surface area contributed by atoms with Crippen molar-refractivity contribution in [3.8, 4) is 0 Å². The molecule has 1 aromatic heterocycles. The summed E-state index contributed by atoms with van der Waals surface area (Å²) in [6.07, 6.45) is -0.237. The van der Waals surface area contributed by atoms with Gasteiger partial charge in [0.15, 0.2) is 0 Å². The van der Waals surface area contributed by atoms with Crippen LogP contribution in [0.2, 0.25) is 0 Å². The number of aromatic amines is 1. The molecule has 0 spiro atoms. The molecule has 20 heavy (non-hydrogen) atoms. The van der Waals surface area contributed by atoms with Gasteiger partial charge in [-0.2, -0.15) is 0 Å². The van der Waals surface area contributed by atoms with E-state index in [0.717, 1.165) is 16.8 Å². The lowest BCUT2D eigenvalue weighted by atomic mass is 9.83. The number of ether oxygens (including phenoxy) is 1. The van der Waals surface area contributed by atoms with Crippen LogP contribution >= 0.6 is 0 Å². The molecule has 0 unspecified atom stereocenters. The zero-order chi connectivity index (χ0) is 15.3. The highest BCUT2D eigenvalue weighted by molar-refractivity contribution is 5.76. The minimum Gasteiger partial charge on any atom is -0.469 e. The minimum atomic E-state index is -1.32. The largest absolute Gasteiger partial charge is 0.469 e. The van der Waals surface area contributed by atoms with Crippen molar-refractivity contribution in [1.29, 1.82) is 0 Å². The number of H-pyrrole nitrogens is 1. The molecular formula is C12H18N2O6. The van der Waals surface area contributed by atoms with Gasteiger partial charge in [0, 0.05) is 25.3 Å². The summed E-state index contributed by atoms with van der Waals surface area (Å²) >= 11 is 0. The number of esters is 1. The molecule has 0 saturated heterocycles.